The minimum atomic E-state index is -0.00532. The molecule has 3 aromatic heterocycles. The standard InChI is InChI=1S/C33H36N10O/c1-22(44)42-11-9-29(34)28(21-42)33(35)26-5-2-4-23-16-30(36-18-27(23)26)24-7-8-31(37-17-24)43-19-25(20-43)40-12-14-41(15-13-40)32-6-3-10-38-39-32/h2-8,10,16-18,25,35H,9,11-15,19-21,34H2,1H3. The molecule has 7 rings (SSSR count). The lowest BCUT2D eigenvalue weighted by molar-refractivity contribution is -0.128. The van der Waals surface area contributed by atoms with Crippen LogP contribution in [0.2, 0.25) is 0 Å². The van der Waals surface area contributed by atoms with Crippen LogP contribution in [0.4, 0.5) is 11.6 Å². The van der Waals surface area contributed by atoms with Gasteiger partial charge in [0.2, 0.25) is 5.91 Å². The number of carbonyl (C=O) groups excluding carboxylic acids is 1. The third-order valence-corrected chi connectivity index (χ3v) is 9.11. The number of aromatic nitrogens is 4. The Kier molecular flexibility index (Phi) is 7.39. The number of nitrogens with two attached hydrogens (primary N) is 1. The third kappa shape index (κ3) is 5.35. The number of fused-ring (bicyclic) bond motifs is 1. The molecule has 0 radical (unpaired) electrons. The van der Waals surface area contributed by atoms with Crippen LogP contribution in [0.5, 0.6) is 0 Å². The highest BCUT2D eigenvalue weighted by molar-refractivity contribution is 6.18. The Hall–Kier alpha value is -4.90. The molecule has 0 spiro atoms. The molecule has 3 aliphatic heterocycles. The van der Waals surface area contributed by atoms with Crippen LogP contribution in [-0.4, -0.2) is 100.0 Å². The molecule has 11 heteroatoms. The van der Waals surface area contributed by atoms with Crippen LogP contribution in [0.3, 0.4) is 0 Å². The van der Waals surface area contributed by atoms with Gasteiger partial charge in [-0.15, -0.1) is 5.10 Å². The van der Waals surface area contributed by atoms with E-state index < -0.39 is 0 Å². The lowest BCUT2D eigenvalue weighted by Gasteiger charge is -2.48. The first kappa shape index (κ1) is 27.9. The highest BCUT2D eigenvalue weighted by atomic mass is 16.2. The normalized spacial score (nSPS) is 18.1. The van der Waals surface area contributed by atoms with Crippen LogP contribution in [0.15, 0.2) is 78.4 Å². The highest BCUT2D eigenvalue weighted by Crippen LogP contribution is 2.29. The van der Waals surface area contributed by atoms with Crippen molar-refractivity contribution in [2.24, 2.45) is 5.73 Å². The molecule has 44 heavy (non-hydrogen) atoms. The molecule has 4 aromatic rings. The Morgan fingerprint density at radius 1 is 0.932 bits per heavy atom. The Bertz CT molecular complexity index is 1730. The summed E-state index contributed by atoms with van der Waals surface area (Å²) < 4.78 is 0. The van der Waals surface area contributed by atoms with Crippen LogP contribution >= 0.6 is 0 Å². The first-order valence-electron chi connectivity index (χ1n) is 15.1. The summed E-state index contributed by atoms with van der Waals surface area (Å²) in [6, 6.07) is 16.6. The molecule has 3 aliphatic rings. The minimum absolute atomic E-state index is 0.00532. The molecular formula is C33H36N10O. The number of hydrogen-bond donors (Lipinski definition) is 2. The van der Waals surface area contributed by atoms with Gasteiger partial charge in [0.1, 0.15) is 5.82 Å². The minimum Gasteiger partial charge on any atom is -0.402 e. The summed E-state index contributed by atoms with van der Waals surface area (Å²) in [6.45, 7) is 8.44. The Morgan fingerprint density at radius 2 is 1.77 bits per heavy atom. The number of hydrogen-bond acceptors (Lipinski definition) is 10. The maximum atomic E-state index is 12.0. The van der Waals surface area contributed by atoms with Gasteiger partial charge in [0.05, 0.1) is 11.4 Å². The molecule has 1 amide bonds. The molecule has 1 aromatic carbocycles. The molecular weight excluding hydrogens is 552 g/mol. The van der Waals surface area contributed by atoms with Gasteiger partial charge in [-0.25, -0.2) is 4.98 Å². The maximum Gasteiger partial charge on any atom is 0.219 e. The van der Waals surface area contributed by atoms with E-state index in [0.717, 1.165) is 78.5 Å². The van der Waals surface area contributed by atoms with E-state index in [0.29, 0.717) is 42.5 Å². The number of pyridine rings is 2. The van der Waals surface area contributed by atoms with Crippen molar-refractivity contribution in [1.82, 2.24) is 30.0 Å². The smallest absolute Gasteiger partial charge is 0.219 e. The number of benzene rings is 1. The lowest BCUT2D eigenvalue weighted by atomic mass is 9.93. The van der Waals surface area contributed by atoms with Gasteiger partial charge in [-0.05, 0) is 35.7 Å². The molecule has 0 atom stereocenters. The van der Waals surface area contributed by atoms with Crippen molar-refractivity contribution in [2.75, 3.05) is 62.2 Å². The number of rotatable bonds is 6. The molecule has 2 fully saturated rings. The second-order valence-electron chi connectivity index (χ2n) is 11.7. The van der Waals surface area contributed by atoms with E-state index in [1.54, 1.807) is 18.0 Å². The first-order valence-corrected chi connectivity index (χ1v) is 15.1. The molecule has 11 nitrogen and oxygen atoms in total. The quantitative estimate of drug-likeness (QED) is 0.327. The molecule has 3 N–H and O–H groups in total. The van der Waals surface area contributed by atoms with E-state index >= 15 is 0 Å². The van der Waals surface area contributed by atoms with Gasteiger partial charge in [0.25, 0.3) is 0 Å². The number of amides is 1. The second-order valence-corrected chi connectivity index (χ2v) is 11.7. The van der Waals surface area contributed by atoms with E-state index in [2.05, 4.69) is 37.0 Å². The summed E-state index contributed by atoms with van der Waals surface area (Å²) in [4.78, 5) is 30.5. The van der Waals surface area contributed by atoms with Crippen molar-refractivity contribution in [1.29, 1.82) is 5.41 Å². The summed E-state index contributed by atoms with van der Waals surface area (Å²) in [5.74, 6) is 1.93. The van der Waals surface area contributed by atoms with Crippen molar-refractivity contribution in [2.45, 2.75) is 19.4 Å². The summed E-state index contributed by atoms with van der Waals surface area (Å²) in [6.07, 6.45) is 6.01. The predicted octanol–water partition coefficient (Wildman–Crippen LogP) is 2.93. The maximum absolute atomic E-state index is 12.0. The molecule has 0 unspecified atom stereocenters. The molecule has 0 aliphatic carbocycles. The first-order chi connectivity index (χ1) is 21.4. The van der Waals surface area contributed by atoms with Crippen LogP contribution in [0, 0.1) is 5.41 Å². The van der Waals surface area contributed by atoms with Crippen molar-refractivity contribution in [3.8, 4) is 11.3 Å². The van der Waals surface area contributed by atoms with Gasteiger partial charge in [-0.2, -0.15) is 5.10 Å². The van der Waals surface area contributed by atoms with Gasteiger partial charge in [0, 0.05) is 118 Å². The van der Waals surface area contributed by atoms with E-state index in [1.807, 2.05) is 48.8 Å². The van der Waals surface area contributed by atoms with E-state index in [4.69, 9.17) is 21.1 Å². The van der Waals surface area contributed by atoms with Crippen molar-refractivity contribution < 1.29 is 4.79 Å². The molecule has 6 heterocycles. The van der Waals surface area contributed by atoms with E-state index in [1.165, 1.54) is 0 Å². The predicted molar refractivity (Wildman–Crippen MR) is 172 cm³/mol. The van der Waals surface area contributed by atoms with Gasteiger partial charge in [0.15, 0.2) is 5.82 Å². The molecule has 224 valence electrons. The van der Waals surface area contributed by atoms with E-state index in [9.17, 15) is 4.79 Å². The van der Waals surface area contributed by atoms with Crippen LogP contribution in [-0.2, 0) is 4.79 Å². The Morgan fingerprint density at radius 3 is 2.50 bits per heavy atom. The lowest BCUT2D eigenvalue weighted by Crippen LogP contribution is -2.63. The van der Waals surface area contributed by atoms with Crippen LogP contribution in [0.25, 0.3) is 22.0 Å². The number of nitrogens with one attached hydrogen (secondary N) is 1. The average Bonchev–Trinajstić information content (AvgIpc) is 3.04. The van der Waals surface area contributed by atoms with Crippen molar-refractivity contribution in [3.63, 3.8) is 0 Å². The number of carbonyl (C=O) groups is 1. The zero-order chi connectivity index (χ0) is 30.2. The van der Waals surface area contributed by atoms with Gasteiger partial charge < -0.3 is 20.4 Å². The van der Waals surface area contributed by atoms with Crippen LogP contribution in [0.1, 0.15) is 18.9 Å². The topological polar surface area (TPSA) is 131 Å². The molecule has 0 saturated carbocycles. The third-order valence-electron chi connectivity index (χ3n) is 9.11. The summed E-state index contributed by atoms with van der Waals surface area (Å²) in [7, 11) is 0. The fourth-order valence-corrected chi connectivity index (χ4v) is 6.37. The van der Waals surface area contributed by atoms with Crippen LogP contribution < -0.4 is 15.5 Å². The molecule has 2 saturated heterocycles. The number of anilines is 2. The fraction of sp³-hybridized carbons (Fsp3) is 0.333. The number of piperazine rings is 1. The van der Waals surface area contributed by atoms with Gasteiger partial charge >= 0.3 is 0 Å². The Balaban J connectivity index is 0.999. The Labute approximate surface area is 256 Å². The van der Waals surface area contributed by atoms with Crippen molar-refractivity contribution >= 4 is 34.0 Å². The van der Waals surface area contributed by atoms with Gasteiger partial charge in [-0.1, -0.05) is 18.2 Å². The highest BCUT2D eigenvalue weighted by Gasteiger charge is 2.34. The van der Waals surface area contributed by atoms with Gasteiger partial charge in [-0.3, -0.25) is 20.1 Å². The monoisotopic (exact) mass is 588 g/mol. The zero-order valence-corrected chi connectivity index (χ0v) is 24.9. The van der Waals surface area contributed by atoms with Crippen molar-refractivity contribution in [3.05, 3.63) is 84.0 Å². The van der Waals surface area contributed by atoms with E-state index in [-0.39, 0.29) is 5.91 Å². The summed E-state index contributed by atoms with van der Waals surface area (Å²) in [5.41, 5.74) is 10.6. The second kappa shape index (κ2) is 11.6. The largest absolute Gasteiger partial charge is 0.402 e. The SMILES string of the molecule is CC(=O)N1CCC(N)=C(C(=N)c2cccc3cc(-c4ccc(N5CC(N6CCN(c7cccnn7)CC6)C5)nc4)ncc23)C1. The summed E-state index contributed by atoms with van der Waals surface area (Å²) >= 11 is 0. The fourth-order valence-electron chi connectivity index (χ4n) is 6.37. The zero-order valence-electron chi connectivity index (χ0n) is 24.9. The number of nitrogens with zero attached hydrogens (tertiary/aromatic N) is 8. The average molecular weight is 589 g/mol. The molecule has 0 bridgehead atoms. The summed E-state index contributed by atoms with van der Waals surface area (Å²) in [5, 5.41) is 19.1.